The number of aromatic amines is 1. The Labute approximate surface area is 177 Å². The van der Waals surface area contributed by atoms with Gasteiger partial charge < -0.3 is 20.8 Å². The number of nitrogens with one attached hydrogen (secondary N) is 2. The van der Waals surface area contributed by atoms with E-state index in [0.717, 1.165) is 11.1 Å². The summed E-state index contributed by atoms with van der Waals surface area (Å²) in [5.41, 5.74) is 9.81. The molecule has 3 rings (SSSR count). The van der Waals surface area contributed by atoms with Gasteiger partial charge in [-0.05, 0) is 54.8 Å². The molecule has 1 aromatic heterocycles. The Balaban J connectivity index is 0.00000280. The van der Waals surface area contributed by atoms with Gasteiger partial charge in [0.2, 0.25) is 0 Å². The minimum atomic E-state index is -4.71. The molecule has 150 valence electrons. The number of benzene rings is 2. The average molecular weight is 504 g/mol. The van der Waals surface area contributed by atoms with Gasteiger partial charge in [-0.2, -0.15) is 0 Å². The number of guanidine groups is 1. The zero-order valence-corrected chi connectivity index (χ0v) is 17.3. The molecule has 28 heavy (non-hydrogen) atoms. The minimum Gasteiger partial charge on any atom is -0.406 e. The molecule has 0 aliphatic carbocycles. The van der Waals surface area contributed by atoms with Gasteiger partial charge in [0.15, 0.2) is 5.96 Å². The average Bonchev–Trinajstić information content (AvgIpc) is 3.00. The summed E-state index contributed by atoms with van der Waals surface area (Å²) in [5, 5.41) is 4.04. The van der Waals surface area contributed by atoms with Gasteiger partial charge in [0.25, 0.3) is 0 Å². The number of fused-ring (bicyclic) bond motifs is 1. The number of nitrogens with zero attached hydrogens (tertiary/aromatic N) is 1. The van der Waals surface area contributed by atoms with Crippen molar-refractivity contribution in [3.05, 3.63) is 59.8 Å². The predicted octanol–water partition coefficient (Wildman–Crippen LogP) is 4.96. The molecule has 0 atom stereocenters. The molecule has 0 aliphatic heterocycles. The van der Waals surface area contributed by atoms with Crippen molar-refractivity contribution in [2.24, 2.45) is 10.7 Å². The van der Waals surface area contributed by atoms with E-state index in [1.165, 1.54) is 35.2 Å². The van der Waals surface area contributed by atoms with E-state index in [-0.39, 0.29) is 35.7 Å². The largest absolute Gasteiger partial charge is 0.573 e. The number of nitrogens with two attached hydrogens (primary N) is 1. The highest BCUT2D eigenvalue weighted by atomic mass is 127. The van der Waals surface area contributed by atoms with Crippen molar-refractivity contribution >= 4 is 46.5 Å². The van der Waals surface area contributed by atoms with Gasteiger partial charge in [0.05, 0.1) is 0 Å². The number of anilines is 1. The van der Waals surface area contributed by atoms with Crippen LogP contribution in [0.3, 0.4) is 0 Å². The Kier molecular flexibility index (Phi) is 7.17. The van der Waals surface area contributed by atoms with Crippen LogP contribution in [-0.2, 0) is 6.42 Å². The monoisotopic (exact) mass is 504 g/mol. The van der Waals surface area contributed by atoms with E-state index >= 15 is 0 Å². The molecule has 0 radical (unpaired) electrons. The molecular weight excluding hydrogens is 484 g/mol. The number of halogens is 4. The fraction of sp³-hybridized carbons (Fsp3) is 0.211. The highest BCUT2D eigenvalue weighted by Gasteiger charge is 2.30. The smallest absolute Gasteiger partial charge is 0.406 e. The number of aryl methyl sites for hydroxylation is 1. The molecule has 0 bridgehead atoms. The van der Waals surface area contributed by atoms with E-state index in [4.69, 9.17) is 5.73 Å². The predicted molar refractivity (Wildman–Crippen MR) is 115 cm³/mol. The summed E-state index contributed by atoms with van der Waals surface area (Å²) in [6, 6.07) is 11.4. The van der Waals surface area contributed by atoms with Crippen molar-refractivity contribution in [2.45, 2.75) is 19.7 Å². The van der Waals surface area contributed by atoms with Crippen LogP contribution >= 0.6 is 24.0 Å². The van der Waals surface area contributed by atoms with E-state index in [2.05, 4.69) is 33.0 Å². The third kappa shape index (κ3) is 5.78. The first-order chi connectivity index (χ1) is 12.8. The van der Waals surface area contributed by atoms with Gasteiger partial charge in [-0.25, -0.2) is 0 Å². The molecule has 9 heteroatoms. The molecule has 1 heterocycles. The normalized spacial score (nSPS) is 11.9. The number of ether oxygens (including phenoxy) is 1. The van der Waals surface area contributed by atoms with Gasteiger partial charge in [0.1, 0.15) is 5.75 Å². The zero-order valence-electron chi connectivity index (χ0n) is 15.0. The molecule has 0 saturated heterocycles. The van der Waals surface area contributed by atoms with Crippen molar-refractivity contribution in [3.63, 3.8) is 0 Å². The Bertz CT molecular complexity index is 952. The van der Waals surface area contributed by atoms with Gasteiger partial charge in [-0.15, -0.1) is 37.1 Å². The lowest BCUT2D eigenvalue weighted by atomic mass is 10.1. The van der Waals surface area contributed by atoms with Crippen molar-refractivity contribution in [2.75, 3.05) is 11.9 Å². The second-order valence-corrected chi connectivity index (χ2v) is 6.03. The maximum atomic E-state index is 12.2. The minimum absolute atomic E-state index is 0. The number of H-pyrrole nitrogens is 1. The second-order valence-electron chi connectivity index (χ2n) is 6.03. The second kappa shape index (κ2) is 9.18. The Hall–Kier alpha value is -2.43. The Morgan fingerprint density at radius 2 is 1.89 bits per heavy atom. The summed E-state index contributed by atoms with van der Waals surface area (Å²) < 4.78 is 40.3. The number of aromatic nitrogens is 1. The van der Waals surface area contributed by atoms with E-state index in [1.54, 1.807) is 0 Å². The number of hydrogen-bond donors (Lipinski definition) is 3. The first-order valence-electron chi connectivity index (χ1n) is 8.30. The van der Waals surface area contributed by atoms with Crippen LogP contribution in [0, 0.1) is 6.92 Å². The zero-order chi connectivity index (χ0) is 19.4. The van der Waals surface area contributed by atoms with Crippen molar-refractivity contribution in [3.8, 4) is 5.75 Å². The van der Waals surface area contributed by atoms with E-state index in [1.807, 2.05) is 18.3 Å². The Morgan fingerprint density at radius 3 is 2.57 bits per heavy atom. The van der Waals surface area contributed by atoms with Gasteiger partial charge in [-0.3, -0.25) is 4.99 Å². The van der Waals surface area contributed by atoms with E-state index in [0.29, 0.717) is 18.7 Å². The molecule has 4 N–H and O–H groups in total. The molecule has 0 unspecified atom stereocenters. The first-order valence-corrected chi connectivity index (χ1v) is 8.30. The van der Waals surface area contributed by atoms with Crippen LogP contribution in [0.2, 0.25) is 0 Å². The van der Waals surface area contributed by atoms with E-state index in [9.17, 15) is 13.2 Å². The van der Waals surface area contributed by atoms with Crippen molar-refractivity contribution in [1.29, 1.82) is 0 Å². The molecule has 3 aromatic rings. The highest BCUT2D eigenvalue weighted by molar-refractivity contribution is 14.0. The fourth-order valence-electron chi connectivity index (χ4n) is 2.87. The quantitative estimate of drug-likeness (QED) is 0.261. The SMILES string of the molecule is Cc1cccc2[nH]cc(CCN=C(N)Nc3ccc(OC(F)(F)F)cc3)c12.I. The third-order valence-electron chi connectivity index (χ3n) is 4.02. The van der Waals surface area contributed by atoms with Gasteiger partial charge >= 0.3 is 6.36 Å². The lowest BCUT2D eigenvalue weighted by Crippen LogP contribution is -2.23. The first kappa shape index (κ1) is 21.9. The third-order valence-corrected chi connectivity index (χ3v) is 4.02. The fourth-order valence-corrected chi connectivity index (χ4v) is 2.87. The Morgan fingerprint density at radius 1 is 1.18 bits per heavy atom. The van der Waals surface area contributed by atoms with Gasteiger partial charge in [0, 0.05) is 29.3 Å². The van der Waals surface area contributed by atoms with Crippen molar-refractivity contribution < 1.29 is 17.9 Å². The summed E-state index contributed by atoms with van der Waals surface area (Å²) in [7, 11) is 0. The van der Waals surface area contributed by atoms with E-state index < -0.39 is 6.36 Å². The number of aliphatic imine (C=N–C) groups is 1. The molecule has 0 amide bonds. The number of hydrogen-bond acceptors (Lipinski definition) is 2. The van der Waals surface area contributed by atoms with Crippen LogP contribution in [-0.4, -0.2) is 23.9 Å². The molecule has 0 spiro atoms. The van der Waals surface area contributed by atoms with Gasteiger partial charge in [-0.1, -0.05) is 12.1 Å². The summed E-state index contributed by atoms with van der Waals surface area (Å²) >= 11 is 0. The van der Waals surface area contributed by atoms with Crippen molar-refractivity contribution in [1.82, 2.24) is 4.98 Å². The van der Waals surface area contributed by atoms with Crippen LogP contribution in [0.1, 0.15) is 11.1 Å². The van der Waals surface area contributed by atoms with Crippen LogP contribution in [0.25, 0.3) is 10.9 Å². The van der Waals surface area contributed by atoms with Crippen LogP contribution in [0.4, 0.5) is 18.9 Å². The summed E-state index contributed by atoms with van der Waals surface area (Å²) in [6.45, 7) is 2.54. The lowest BCUT2D eigenvalue weighted by molar-refractivity contribution is -0.274. The topological polar surface area (TPSA) is 75.4 Å². The highest BCUT2D eigenvalue weighted by Crippen LogP contribution is 2.24. The lowest BCUT2D eigenvalue weighted by Gasteiger charge is -2.10. The molecule has 5 nitrogen and oxygen atoms in total. The molecule has 2 aromatic carbocycles. The molecule has 0 aliphatic rings. The summed E-state index contributed by atoms with van der Waals surface area (Å²) in [4.78, 5) is 7.51. The molecule has 0 saturated carbocycles. The van der Waals surface area contributed by atoms with Crippen LogP contribution in [0.5, 0.6) is 5.75 Å². The number of rotatable bonds is 5. The molecular formula is C19H20F3IN4O. The maximum Gasteiger partial charge on any atom is 0.573 e. The summed E-state index contributed by atoms with van der Waals surface area (Å²) in [6.07, 6.45) is -2.03. The van der Waals surface area contributed by atoms with Crippen LogP contribution in [0.15, 0.2) is 53.7 Å². The molecule has 0 fully saturated rings. The van der Waals surface area contributed by atoms with Crippen LogP contribution < -0.4 is 15.8 Å². The summed E-state index contributed by atoms with van der Waals surface area (Å²) in [5.74, 6) is -0.102. The standard InChI is InChI=1S/C19H19F3N4O.HI/c1-12-3-2-4-16-17(12)13(11-25-16)9-10-24-18(23)26-14-5-7-15(8-6-14)27-19(20,21)22;/h2-8,11,25H,9-10H2,1H3,(H3,23,24,26);1H. The number of alkyl halides is 3. The maximum absolute atomic E-state index is 12.2.